The number of rotatable bonds is 8. The normalized spacial score (nSPS) is 19.1. The lowest BCUT2D eigenvalue weighted by Crippen LogP contribution is -2.33. The van der Waals surface area contributed by atoms with Crippen molar-refractivity contribution in [3.05, 3.63) is 71.3 Å². The lowest BCUT2D eigenvalue weighted by molar-refractivity contribution is -0.138. The standard InChI is InChI=1S/C30H35N5O4/c1-34(16-15-20-5-3-2-4-6-20)30-32-27(31)26-28(33-30)39-18-17-35(29(26)38)24-13-11-23(12-14-24)22-9-7-21(8-10-22)19-25(36)37/h2-6,11-14,21-22H,7-10,15-19H2,1H3,(H,36,37)(H2,31,32,33). The van der Waals surface area contributed by atoms with Crippen LogP contribution in [0.15, 0.2) is 54.6 Å². The molecule has 2 aromatic carbocycles. The SMILES string of the molecule is CN(CCc1ccccc1)c1nc(N)c2c(n1)OCCN(c1ccc(C3CCC(CC(=O)O)CC3)cc1)C2=O. The quantitative estimate of drug-likeness (QED) is 0.437. The Balaban J connectivity index is 1.27. The van der Waals surface area contributed by atoms with E-state index < -0.39 is 5.97 Å². The van der Waals surface area contributed by atoms with E-state index in [1.54, 1.807) is 4.90 Å². The monoisotopic (exact) mass is 529 g/mol. The molecule has 0 unspecified atom stereocenters. The van der Waals surface area contributed by atoms with E-state index in [2.05, 4.69) is 34.2 Å². The summed E-state index contributed by atoms with van der Waals surface area (Å²) >= 11 is 0. The van der Waals surface area contributed by atoms with Gasteiger partial charge in [0, 0.05) is 25.7 Å². The zero-order valence-electron chi connectivity index (χ0n) is 22.3. The molecule has 0 bridgehead atoms. The van der Waals surface area contributed by atoms with Crippen molar-refractivity contribution in [1.29, 1.82) is 0 Å². The Bertz CT molecular complexity index is 1310. The molecule has 3 N–H and O–H groups in total. The summed E-state index contributed by atoms with van der Waals surface area (Å²) in [5.41, 5.74) is 9.70. The molecular weight excluding hydrogens is 494 g/mol. The fraction of sp³-hybridized carbons (Fsp3) is 0.400. The van der Waals surface area contributed by atoms with Gasteiger partial charge in [0.05, 0.1) is 6.54 Å². The summed E-state index contributed by atoms with van der Waals surface area (Å²) in [5.74, 6) is 0.428. The molecule has 39 heavy (non-hydrogen) atoms. The highest BCUT2D eigenvalue weighted by atomic mass is 16.5. The molecule has 1 aliphatic carbocycles. The Labute approximate surface area is 228 Å². The van der Waals surface area contributed by atoms with Crippen LogP contribution in [-0.4, -0.2) is 53.7 Å². The zero-order chi connectivity index (χ0) is 27.4. The molecule has 1 aliphatic heterocycles. The summed E-state index contributed by atoms with van der Waals surface area (Å²) in [5, 5.41) is 9.06. The number of nitrogen functional groups attached to an aromatic ring is 1. The molecule has 2 heterocycles. The highest BCUT2D eigenvalue weighted by Crippen LogP contribution is 2.38. The van der Waals surface area contributed by atoms with Crippen LogP contribution >= 0.6 is 0 Å². The number of fused-ring (bicyclic) bond motifs is 1. The van der Waals surface area contributed by atoms with Crippen LogP contribution in [0.25, 0.3) is 0 Å². The molecule has 9 nitrogen and oxygen atoms in total. The second-order valence-corrected chi connectivity index (χ2v) is 10.5. The first-order valence-corrected chi connectivity index (χ1v) is 13.6. The number of likely N-dealkylation sites (N-methyl/N-ethyl adjacent to an activating group) is 1. The molecule has 0 saturated heterocycles. The first-order valence-electron chi connectivity index (χ1n) is 13.6. The Morgan fingerprint density at radius 2 is 1.79 bits per heavy atom. The summed E-state index contributed by atoms with van der Waals surface area (Å²) in [6.45, 7) is 1.35. The molecular formula is C30H35N5O4. The minimum absolute atomic E-state index is 0.105. The van der Waals surface area contributed by atoms with Crippen molar-refractivity contribution in [3.63, 3.8) is 0 Å². The van der Waals surface area contributed by atoms with Crippen molar-refractivity contribution >= 4 is 29.3 Å². The number of benzene rings is 2. The Kier molecular flexibility index (Phi) is 7.95. The lowest BCUT2D eigenvalue weighted by atomic mass is 9.77. The van der Waals surface area contributed by atoms with Gasteiger partial charge in [-0.3, -0.25) is 9.59 Å². The molecule has 1 fully saturated rings. The Morgan fingerprint density at radius 3 is 2.49 bits per heavy atom. The number of nitrogens with zero attached hydrogens (tertiary/aromatic N) is 4. The Hall–Kier alpha value is -4.14. The minimum Gasteiger partial charge on any atom is -0.481 e. The molecule has 1 amide bonds. The number of carbonyl (C=O) groups is 2. The van der Waals surface area contributed by atoms with Crippen molar-refractivity contribution in [2.45, 2.75) is 44.4 Å². The van der Waals surface area contributed by atoms with E-state index in [-0.39, 0.29) is 42.1 Å². The molecule has 5 rings (SSSR count). The third-order valence-electron chi connectivity index (χ3n) is 7.81. The van der Waals surface area contributed by atoms with E-state index in [0.29, 0.717) is 25.0 Å². The van der Waals surface area contributed by atoms with Gasteiger partial charge in [0.1, 0.15) is 18.0 Å². The summed E-state index contributed by atoms with van der Waals surface area (Å²) in [7, 11) is 1.90. The number of carboxylic acids is 1. The highest BCUT2D eigenvalue weighted by molar-refractivity contribution is 6.10. The summed E-state index contributed by atoms with van der Waals surface area (Å²) < 4.78 is 5.90. The van der Waals surface area contributed by atoms with Crippen LogP contribution in [0.4, 0.5) is 17.5 Å². The maximum atomic E-state index is 13.6. The highest BCUT2D eigenvalue weighted by Gasteiger charge is 2.31. The van der Waals surface area contributed by atoms with Crippen LogP contribution in [0.1, 0.15) is 59.5 Å². The van der Waals surface area contributed by atoms with E-state index >= 15 is 0 Å². The average Bonchev–Trinajstić information content (AvgIpc) is 3.11. The second kappa shape index (κ2) is 11.7. The van der Waals surface area contributed by atoms with Gasteiger partial charge in [-0.05, 0) is 67.2 Å². The van der Waals surface area contributed by atoms with Gasteiger partial charge >= 0.3 is 5.97 Å². The van der Waals surface area contributed by atoms with Crippen molar-refractivity contribution < 1.29 is 19.4 Å². The molecule has 2 aliphatic rings. The minimum atomic E-state index is -0.715. The van der Waals surface area contributed by atoms with Crippen LogP contribution in [0.2, 0.25) is 0 Å². The van der Waals surface area contributed by atoms with E-state index in [0.717, 1.165) is 37.8 Å². The van der Waals surface area contributed by atoms with Gasteiger partial charge < -0.3 is 25.4 Å². The Morgan fingerprint density at radius 1 is 1.08 bits per heavy atom. The number of carboxylic acid groups (broad SMARTS) is 1. The number of ether oxygens (including phenoxy) is 1. The molecule has 1 saturated carbocycles. The van der Waals surface area contributed by atoms with E-state index in [4.69, 9.17) is 15.6 Å². The van der Waals surface area contributed by atoms with Crippen molar-refractivity contribution in [3.8, 4) is 5.88 Å². The van der Waals surface area contributed by atoms with Gasteiger partial charge in [0.2, 0.25) is 11.8 Å². The smallest absolute Gasteiger partial charge is 0.303 e. The van der Waals surface area contributed by atoms with Gasteiger partial charge in [-0.15, -0.1) is 0 Å². The van der Waals surface area contributed by atoms with Crippen LogP contribution in [-0.2, 0) is 11.2 Å². The maximum absolute atomic E-state index is 13.6. The number of aromatic nitrogens is 2. The number of carbonyl (C=O) groups excluding carboxylic acids is 1. The van der Waals surface area contributed by atoms with E-state index in [1.165, 1.54) is 11.1 Å². The molecule has 3 aromatic rings. The van der Waals surface area contributed by atoms with Crippen LogP contribution < -0.4 is 20.3 Å². The number of amides is 1. The fourth-order valence-electron chi connectivity index (χ4n) is 5.55. The van der Waals surface area contributed by atoms with Gasteiger partial charge in [-0.25, -0.2) is 0 Å². The number of nitrogens with two attached hydrogens (primary N) is 1. The topological polar surface area (TPSA) is 122 Å². The summed E-state index contributed by atoms with van der Waals surface area (Å²) in [4.78, 5) is 37.2. The zero-order valence-corrected chi connectivity index (χ0v) is 22.3. The second-order valence-electron chi connectivity index (χ2n) is 10.5. The largest absolute Gasteiger partial charge is 0.481 e. The molecule has 1 aromatic heterocycles. The van der Waals surface area contributed by atoms with E-state index in [1.807, 2.05) is 42.3 Å². The average molecular weight is 530 g/mol. The predicted octanol–water partition coefficient (Wildman–Crippen LogP) is 4.53. The molecule has 9 heteroatoms. The predicted molar refractivity (Wildman–Crippen MR) is 150 cm³/mol. The first-order chi connectivity index (χ1) is 18.9. The maximum Gasteiger partial charge on any atom is 0.303 e. The van der Waals surface area contributed by atoms with Crippen LogP contribution in [0.5, 0.6) is 5.88 Å². The molecule has 0 radical (unpaired) electrons. The number of hydrogen-bond acceptors (Lipinski definition) is 7. The summed E-state index contributed by atoms with van der Waals surface area (Å²) in [6, 6.07) is 18.2. The first kappa shape index (κ1) is 26.5. The van der Waals surface area contributed by atoms with Crippen LogP contribution in [0, 0.1) is 5.92 Å². The third kappa shape index (κ3) is 6.13. The van der Waals surface area contributed by atoms with Crippen LogP contribution in [0.3, 0.4) is 0 Å². The van der Waals surface area contributed by atoms with Gasteiger partial charge in [-0.1, -0.05) is 42.5 Å². The molecule has 0 spiro atoms. The third-order valence-corrected chi connectivity index (χ3v) is 7.81. The van der Waals surface area contributed by atoms with Gasteiger partial charge in [0.25, 0.3) is 5.91 Å². The summed E-state index contributed by atoms with van der Waals surface area (Å²) in [6.07, 6.45) is 4.91. The fourth-order valence-corrected chi connectivity index (χ4v) is 5.55. The number of anilines is 3. The number of aliphatic carboxylic acids is 1. The van der Waals surface area contributed by atoms with Gasteiger partial charge in [0.15, 0.2) is 0 Å². The van der Waals surface area contributed by atoms with Crippen molar-refractivity contribution in [2.75, 3.05) is 42.3 Å². The molecule has 204 valence electrons. The lowest BCUT2D eigenvalue weighted by Gasteiger charge is -2.28. The molecule has 0 atom stereocenters. The number of hydrogen-bond donors (Lipinski definition) is 2. The van der Waals surface area contributed by atoms with Crippen molar-refractivity contribution in [2.24, 2.45) is 5.92 Å². The van der Waals surface area contributed by atoms with E-state index in [9.17, 15) is 9.59 Å². The van der Waals surface area contributed by atoms with Crippen molar-refractivity contribution in [1.82, 2.24) is 9.97 Å². The van der Waals surface area contributed by atoms with Gasteiger partial charge in [-0.2, -0.15) is 9.97 Å².